The smallest absolute Gasteiger partial charge is 0.289 e. The summed E-state index contributed by atoms with van der Waals surface area (Å²) < 4.78 is 16.9. The molecular weight excluding hydrogens is 334 g/mol. The maximum Gasteiger partial charge on any atom is 0.289 e. The molecular formula is C19H19N3O4. The van der Waals surface area contributed by atoms with Crippen LogP contribution in [0.1, 0.15) is 23.4 Å². The van der Waals surface area contributed by atoms with E-state index in [1.54, 1.807) is 30.3 Å². The van der Waals surface area contributed by atoms with Gasteiger partial charge in [0.25, 0.3) is 5.91 Å². The quantitative estimate of drug-likeness (QED) is 0.718. The molecule has 2 aromatic heterocycles. The van der Waals surface area contributed by atoms with Crippen LogP contribution in [0, 0.1) is 0 Å². The Balaban J connectivity index is 1.42. The lowest BCUT2D eigenvalue weighted by atomic mass is 10.1. The Morgan fingerprint density at radius 3 is 2.85 bits per heavy atom. The van der Waals surface area contributed by atoms with Crippen molar-refractivity contribution in [3.8, 4) is 11.6 Å². The molecule has 1 aliphatic rings. The van der Waals surface area contributed by atoms with Crippen LogP contribution in [0.2, 0.25) is 0 Å². The number of piperidine rings is 1. The van der Waals surface area contributed by atoms with Crippen molar-refractivity contribution in [1.82, 2.24) is 14.9 Å². The van der Waals surface area contributed by atoms with E-state index in [0.29, 0.717) is 36.1 Å². The summed E-state index contributed by atoms with van der Waals surface area (Å²) in [4.78, 5) is 22.5. The summed E-state index contributed by atoms with van der Waals surface area (Å²) in [5.74, 6) is 1.41. The number of furan rings is 1. The molecule has 3 heterocycles. The molecule has 0 unspecified atom stereocenters. The van der Waals surface area contributed by atoms with Crippen LogP contribution < -0.4 is 9.47 Å². The number of benzene rings is 1. The van der Waals surface area contributed by atoms with Crippen molar-refractivity contribution in [1.29, 1.82) is 0 Å². The normalized spacial score (nSPS) is 15.2. The molecule has 1 aromatic carbocycles. The lowest BCUT2D eigenvalue weighted by molar-refractivity contribution is 0.0561. The third kappa shape index (κ3) is 3.20. The second-order valence-electron chi connectivity index (χ2n) is 6.15. The first kappa shape index (κ1) is 16.4. The summed E-state index contributed by atoms with van der Waals surface area (Å²) in [5, 5.41) is 0.856. The van der Waals surface area contributed by atoms with Gasteiger partial charge in [-0.15, -0.1) is 0 Å². The molecule has 1 fully saturated rings. The van der Waals surface area contributed by atoms with E-state index in [0.717, 1.165) is 18.2 Å². The Labute approximate surface area is 150 Å². The van der Waals surface area contributed by atoms with Crippen LogP contribution in [0.25, 0.3) is 11.0 Å². The molecule has 0 N–H and O–H groups in total. The number of ether oxygens (including phenoxy) is 2. The predicted octanol–water partition coefficient (Wildman–Crippen LogP) is 2.92. The van der Waals surface area contributed by atoms with Crippen molar-refractivity contribution in [2.45, 2.75) is 18.9 Å². The number of likely N-dealkylation sites (tertiary alicyclic amines) is 1. The molecule has 7 heteroatoms. The van der Waals surface area contributed by atoms with E-state index < -0.39 is 0 Å². The summed E-state index contributed by atoms with van der Waals surface area (Å²) in [6, 6.07) is 9.10. The largest absolute Gasteiger partial charge is 0.493 e. The Bertz CT molecular complexity index is 902. The fourth-order valence-electron chi connectivity index (χ4n) is 3.15. The highest BCUT2D eigenvalue weighted by Gasteiger charge is 2.27. The van der Waals surface area contributed by atoms with Gasteiger partial charge in [0, 0.05) is 43.6 Å². The standard InChI is InChI=1S/C19H19N3O4/c1-24-15-4-2-3-13-11-16(26-18(13)15)19(23)22-9-6-14(7-10-22)25-17-5-8-20-12-21-17/h2-5,8,11-12,14H,6-7,9-10H2,1H3. The molecule has 1 aliphatic heterocycles. The van der Waals surface area contributed by atoms with Gasteiger partial charge in [0.05, 0.1) is 7.11 Å². The average Bonchev–Trinajstić information content (AvgIpc) is 3.13. The molecule has 0 saturated carbocycles. The van der Waals surface area contributed by atoms with E-state index in [4.69, 9.17) is 13.9 Å². The second-order valence-corrected chi connectivity index (χ2v) is 6.15. The van der Waals surface area contributed by atoms with Gasteiger partial charge in [0.1, 0.15) is 12.4 Å². The summed E-state index contributed by atoms with van der Waals surface area (Å²) in [5.41, 5.74) is 0.598. The van der Waals surface area contributed by atoms with E-state index >= 15 is 0 Å². The van der Waals surface area contributed by atoms with E-state index in [2.05, 4.69) is 9.97 Å². The molecule has 134 valence electrons. The molecule has 0 aliphatic carbocycles. The number of methoxy groups -OCH3 is 1. The van der Waals surface area contributed by atoms with Gasteiger partial charge in [-0.2, -0.15) is 0 Å². The summed E-state index contributed by atoms with van der Waals surface area (Å²) in [7, 11) is 1.58. The Hall–Kier alpha value is -3.09. The van der Waals surface area contributed by atoms with Crippen molar-refractivity contribution in [3.05, 3.63) is 48.6 Å². The maximum absolute atomic E-state index is 12.8. The zero-order valence-electron chi connectivity index (χ0n) is 14.4. The minimum absolute atomic E-state index is 0.0460. The van der Waals surface area contributed by atoms with Crippen LogP contribution in [0.5, 0.6) is 11.6 Å². The summed E-state index contributed by atoms with van der Waals surface area (Å²) in [6.45, 7) is 1.23. The second kappa shape index (κ2) is 7.03. The molecule has 1 saturated heterocycles. The van der Waals surface area contributed by atoms with Crippen molar-refractivity contribution in [2.24, 2.45) is 0 Å². The third-order valence-electron chi connectivity index (χ3n) is 4.51. The highest BCUT2D eigenvalue weighted by atomic mass is 16.5. The highest BCUT2D eigenvalue weighted by molar-refractivity contribution is 5.97. The number of para-hydroxylation sites is 1. The van der Waals surface area contributed by atoms with E-state index in [1.165, 1.54) is 6.33 Å². The monoisotopic (exact) mass is 353 g/mol. The van der Waals surface area contributed by atoms with Gasteiger partial charge in [0.15, 0.2) is 17.1 Å². The van der Waals surface area contributed by atoms with E-state index in [1.807, 2.05) is 18.2 Å². The van der Waals surface area contributed by atoms with Gasteiger partial charge in [-0.1, -0.05) is 12.1 Å². The van der Waals surface area contributed by atoms with Gasteiger partial charge < -0.3 is 18.8 Å². The minimum atomic E-state index is -0.108. The topological polar surface area (TPSA) is 77.7 Å². The Morgan fingerprint density at radius 1 is 1.27 bits per heavy atom. The number of carbonyl (C=O) groups is 1. The van der Waals surface area contributed by atoms with Crippen LogP contribution in [0.15, 0.2) is 47.3 Å². The highest BCUT2D eigenvalue weighted by Crippen LogP contribution is 2.29. The summed E-state index contributed by atoms with van der Waals surface area (Å²) >= 11 is 0. The lowest BCUT2D eigenvalue weighted by Crippen LogP contribution is -2.41. The van der Waals surface area contributed by atoms with Crippen LogP contribution in [-0.4, -0.2) is 47.1 Å². The average molecular weight is 353 g/mol. The molecule has 3 aromatic rings. The van der Waals surface area contributed by atoms with Gasteiger partial charge in [-0.25, -0.2) is 9.97 Å². The first-order valence-electron chi connectivity index (χ1n) is 8.53. The molecule has 0 spiro atoms. The van der Waals surface area contributed by atoms with Crippen molar-refractivity contribution < 1.29 is 18.7 Å². The molecule has 0 radical (unpaired) electrons. The molecule has 0 atom stereocenters. The molecule has 1 amide bonds. The van der Waals surface area contributed by atoms with Crippen LogP contribution in [0.4, 0.5) is 0 Å². The van der Waals surface area contributed by atoms with E-state index in [-0.39, 0.29) is 12.0 Å². The van der Waals surface area contributed by atoms with Crippen molar-refractivity contribution >= 4 is 16.9 Å². The number of fused-ring (bicyclic) bond motifs is 1. The number of aromatic nitrogens is 2. The van der Waals surface area contributed by atoms with Gasteiger partial charge in [-0.05, 0) is 12.1 Å². The number of rotatable bonds is 4. The number of amides is 1. The lowest BCUT2D eigenvalue weighted by Gasteiger charge is -2.31. The van der Waals surface area contributed by atoms with Crippen LogP contribution in [-0.2, 0) is 0 Å². The minimum Gasteiger partial charge on any atom is -0.493 e. The van der Waals surface area contributed by atoms with E-state index in [9.17, 15) is 4.79 Å². The zero-order chi connectivity index (χ0) is 17.9. The molecule has 7 nitrogen and oxygen atoms in total. The fraction of sp³-hybridized carbons (Fsp3) is 0.316. The van der Waals surface area contributed by atoms with Gasteiger partial charge in [0.2, 0.25) is 5.88 Å². The van der Waals surface area contributed by atoms with Crippen molar-refractivity contribution in [2.75, 3.05) is 20.2 Å². The fourth-order valence-corrected chi connectivity index (χ4v) is 3.15. The number of nitrogens with zero attached hydrogens (tertiary/aromatic N) is 3. The Morgan fingerprint density at radius 2 is 2.12 bits per heavy atom. The SMILES string of the molecule is COc1cccc2cc(C(=O)N3CCC(Oc4ccncn4)CC3)oc12. The third-order valence-corrected chi connectivity index (χ3v) is 4.51. The van der Waals surface area contributed by atoms with Crippen molar-refractivity contribution in [3.63, 3.8) is 0 Å². The number of carbonyl (C=O) groups excluding carboxylic acids is 1. The first-order valence-corrected chi connectivity index (χ1v) is 8.53. The van der Waals surface area contributed by atoms with Gasteiger partial charge >= 0.3 is 0 Å². The summed E-state index contributed by atoms with van der Waals surface area (Å²) in [6.07, 6.45) is 4.66. The number of hydrogen-bond donors (Lipinski definition) is 0. The number of hydrogen-bond acceptors (Lipinski definition) is 6. The maximum atomic E-state index is 12.8. The van der Waals surface area contributed by atoms with Crippen LogP contribution >= 0.6 is 0 Å². The Kier molecular flexibility index (Phi) is 4.43. The van der Waals surface area contributed by atoms with Gasteiger partial charge in [-0.3, -0.25) is 4.79 Å². The zero-order valence-corrected chi connectivity index (χ0v) is 14.4. The molecule has 0 bridgehead atoms. The van der Waals surface area contributed by atoms with Crippen LogP contribution in [0.3, 0.4) is 0 Å². The first-order chi connectivity index (χ1) is 12.7. The predicted molar refractivity (Wildman–Crippen MR) is 94.4 cm³/mol. The molecule has 26 heavy (non-hydrogen) atoms. The molecule has 4 rings (SSSR count).